The molecule has 1 aliphatic rings. The zero-order valence-electron chi connectivity index (χ0n) is 14.6. The number of hydrogen-bond acceptors (Lipinski definition) is 3. The van der Waals surface area contributed by atoms with Gasteiger partial charge in [0.2, 0.25) is 0 Å². The molecular weight excluding hydrogens is 276 g/mol. The fourth-order valence-electron chi connectivity index (χ4n) is 2.82. The van der Waals surface area contributed by atoms with Gasteiger partial charge in [0, 0.05) is 12.6 Å². The molecule has 22 heavy (non-hydrogen) atoms. The molecular formula is C18H28N2O2. The summed E-state index contributed by atoms with van der Waals surface area (Å²) >= 11 is 0. The van der Waals surface area contributed by atoms with Crippen molar-refractivity contribution in [3.05, 3.63) is 34.4 Å². The average molecular weight is 304 g/mol. The van der Waals surface area contributed by atoms with E-state index in [2.05, 4.69) is 5.32 Å². The standard InChI is InChI=1S/C16H22N2O2.C2H6/c1-5-12(6-2)18-15(19)13-7-10(3)11(9-17-4)8-14(13)16(18)20;1-2/h7-8,12,17H,5-6,9H2,1-4H3;1-2H3. The Hall–Kier alpha value is -1.68. The van der Waals surface area contributed by atoms with Crippen LogP contribution >= 0.6 is 0 Å². The summed E-state index contributed by atoms with van der Waals surface area (Å²) < 4.78 is 0. The summed E-state index contributed by atoms with van der Waals surface area (Å²) in [5.74, 6) is -0.283. The fraction of sp³-hybridized carbons (Fsp3) is 0.556. The molecule has 1 heterocycles. The molecule has 0 saturated carbocycles. The number of aryl methyl sites for hydroxylation is 1. The number of amides is 2. The molecule has 0 fully saturated rings. The summed E-state index contributed by atoms with van der Waals surface area (Å²) in [5.41, 5.74) is 3.22. The molecule has 1 aromatic rings. The van der Waals surface area contributed by atoms with Gasteiger partial charge in [-0.15, -0.1) is 0 Å². The molecule has 0 radical (unpaired) electrons. The fourth-order valence-corrected chi connectivity index (χ4v) is 2.82. The van der Waals surface area contributed by atoms with E-state index in [0.29, 0.717) is 17.7 Å². The Balaban J connectivity index is 0.00000116. The molecule has 0 atom stereocenters. The largest absolute Gasteiger partial charge is 0.316 e. The number of carbonyl (C=O) groups is 2. The first kappa shape index (κ1) is 18.4. The van der Waals surface area contributed by atoms with Gasteiger partial charge in [-0.25, -0.2) is 0 Å². The molecule has 2 rings (SSSR count). The monoisotopic (exact) mass is 304 g/mol. The molecule has 1 N–H and O–H groups in total. The van der Waals surface area contributed by atoms with Gasteiger partial charge < -0.3 is 5.32 Å². The van der Waals surface area contributed by atoms with Gasteiger partial charge in [-0.3, -0.25) is 14.5 Å². The lowest BCUT2D eigenvalue weighted by Crippen LogP contribution is -2.39. The maximum atomic E-state index is 12.5. The highest BCUT2D eigenvalue weighted by molar-refractivity contribution is 6.21. The third kappa shape index (κ3) is 3.22. The average Bonchev–Trinajstić information content (AvgIpc) is 2.76. The van der Waals surface area contributed by atoms with Crippen LogP contribution in [0.25, 0.3) is 0 Å². The van der Waals surface area contributed by atoms with Crippen molar-refractivity contribution in [3.63, 3.8) is 0 Å². The van der Waals surface area contributed by atoms with E-state index in [1.165, 1.54) is 4.90 Å². The van der Waals surface area contributed by atoms with Crippen LogP contribution in [0.15, 0.2) is 12.1 Å². The minimum atomic E-state index is -0.143. The van der Waals surface area contributed by atoms with Crippen LogP contribution in [0, 0.1) is 6.92 Å². The van der Waals surface area contributed by atoms with Gasteiger partial charge >= 0.3 is 0 Å². The van der Waals surface area contributed by atoms with Crippen molar-refractivity contribution in [1.82, 2.24) is 10.2 Å². The van der Waals surface area contributed by atoms with E-state index in [4.69, 9.17) is 0 Å². The summed E-state index contributed by atoms with van der Waals surface area (Å²) in [4.78, 5) is 26.4. The highest BCUT2D eigenvalue weighted by Crippen LogP contribution is 2.29. The molecule has 4 heteroatoms. The predicted molar refractivity (Wildman–Crippen MR) is 90.2 cm³/mol. The molecule has 0 unspecified atom stereocenters. The third-order valence-electron chi connectivity index (χ3n) is 4.05. The van der Waals surface area contributed by atoms with Crippen molar-refractivity contribution in [1.29, 1.82) is 0 Å². The zero-order chi connectivity index (χ0) is 16.9. The van der Waals surface area contributed by atoms with Crippen LogP contribution in [0.1, 0.15) is 72.4 Å². The maximum Gasteiger partial charge on any atom is 0.261 e. The number of hydrogen-bond donors (Lipinski definition) is 1. The molecule has 0 aliphatic carbocycles. The normalized spacial score (nSPS) is 13.3. The zero-order valence-corrected chi connectivity index (χ0v) is 14.6. The topological polar surface area (TPSA) is 49.4 Å². The lowest BCUT2D eigenvalue weighted by molar-refractivity contribution is 0.0576. The van der Waals surface area contributed by atoms with E-state index in [1.807, 2.05) is 53.8 Å². The summed E-state index contributed by atoms with van der Waals surface area (Å²) in [6, 6.07) is 3.71. The smallest absolute Gasteiger partial charge is 0.261 e. The van der Waals surface area contributed by atoms with Crippen molar-refractivity contribution in [2.45, 2.75) is 60.0 Å². The lowest BCUT2D eigenvalue weighted by atomic mass is 10.0. The second kappa shape index (κ2) is 8.08. The second-order valence-electron chi connectivity index (χ2n) is 5.31. The highest BCUT2D eigenvalue weighted by atomic mass is 16.2. The van der Waals surface area contributed by atoms with Crippen molar-refractivity contribution in [3.8, 4) is 0 Å². The van der Waals surface area contributed by atoms with E-state index >= 15 is 0 Å². The maximum absolute atomic E-state index is 12.5. The van der Waals surface area contributed by atoms with Crippen LogP contribution in [-0.4, -0.2) is 29.8 Å². The van der Waals surface area contributed by atoms with Crippen LogP contribution in [0.5, 0.6) is 0 Å². The Labute approximate surface area is 133 Å². The molecule has 4 nitrogen and oxygen atoms in total. The van der Waals surface area contributed by atoms with Gasteiger partial charge in [-0.05, 0) is 50.1 Å². The van der Waals surface area contributed by atoms with Gasteiger partial charge in [-0.2, -0.15) is 0 Å². The lowest BCUT2D eigenvalue weighted by Gasteiger charge is -2.23. The number of imide groups is 1. The van der Waals surface area contributed by atoms with Gasteiger partial charge in [-0.1, -0.05) is 27.7 Å². The Morgan fingerprint density at radius 1 is 1.05 bits per heavy atom. The van der Waals surface area contributed by atoms with E-state index < -0.39 is 0 Å². The quantitative estimate of drug-likeness (QED) is 0.847. The van der Waals surface area contributed by atoms with Crippen molar-refractivity contribution < 1.29 is 9.59 Å². The second-order valence-corrected chi connectivity index (χ2v) is 5.31. The molecule has 1 aliphatic heterocycles. The van der Waals surface area contributed by atoms with Crippen LogP contribution in [0.4, 0.5) is 0 Å². The number of nitrogens with zero attached hydrogens (tertiary/aromatic N) is 1. The van der Waals surface area contributed by atoms with Gasteiger partial charge in [0.25, 0.3) is 11.8 Å². The minimum absolute atomic E-state index is 0.00421. The summed E-state index contributed by atoms with van der Waals surface area (Å²) in [6.07, 6.45) is 1.59. The number of rotatable bonds is 5. The first-order valence-electron chi connectivity index (χ1n) is 8.21. The van der Waals surface area contributed by atoms with E-state index in [-0.39, 0.29) is 17.9 Å². The summed E-state index contributed by atoms with van der Waals surface area (Å²) in [7, 11) is 1.87. The van der Waals surface area contributed by atoms with Crippen LogP contribution < -0.4 is 5.32 Å². The first-order valence-corrected chi connectivity index (χ1v) is 8.21. The Kier molecular flexibility index (Phi) is 6.75. The van der Waals surface area contributed by atoms with Crippen molar-refractivity contribution in [2.75, 3.05) is 7.05 Å². The first-order chi connectivity index (χ1) is 10.5. The van der Waals surface area contributed by atoms with Gasteiger partial charge in [0.15, 0.2) is 0 Å². The van der Waals surface area contributed by atoms with Gasteiger partial charge in [0.1, 0.15) is 0 Å². The number of carbonyl (C=O) groups excluding carboxylic acids is 2. The minimum Gasteiger partial charge on any atom is -0.316 e. The SMILES string of the molecule is CC.CCC(CC)N1C(=O)c2cc(C)c(CNC)cc2C1=O. The highest BCUT2D eigenvalue weighted by Gasteiger charge is 2.39. The van der Waals surface area contributed by atoms with Crippen LogP contribution in [-0.2, 0) is 6.54 Å². The van der Waals surface area contributed by atoms with Crippen LogP contribution in [0.3, 0.4) is 0 Å². The Morgan fingerprint density at radius 3 is 2.00 bits per heavy atom. The molecule has 0 bridgehead atoms. The van der Waals surface area contributed by atoms with E-state index in [9.17, 15) is 9.59 Å². The molecule has 0 aromatic heterocycles. The van der Waals surface area contributed by atoms with Crippen LogP contribution in [0.2, 0.25) is 0 Å². The van der Waals surface area contributed by atoms with Crippen molar-refractivity contribution >= 4 is 11.8 Å². The summed E-state index contributed by atoms with van der Waals surface area (Å²) in [5, 5.41) is 3.09. The number of fused-ring (bicyclic) bond motifs is 1. The van der Waals surface area contributed by atoms with E-state index in [1.54, 1.807) is 0 Å². The molecule has 122 valence electrons. The number of nitrogens with one attached hydrogen (secondary N) is 1. The van der Waals surface area contributed by atoms with Crippen molar-refractivity contribution in [2.24, 2.45) is 0 Å². The Bertz CT molecular complexity index is 548. The molecule has 2 amide bonds. The van der Waals surface area contributed by atoms with E-state index in [0.717, 1.165) is 24.0 Å². The molecule has 1 aromatic carbocycles. The molecule has 0 saturated heterocycles. The Morgan fingerprint density at radius 2 is 1.55 bits per heavy atom. The van der Waals surface area contributed by atoms with Gasteiger partial charge in [0.05, 0.1) is 11.1 Å². The third-order valence-corrected chi connectivity index (χ3v) is 4.05. The molecule has 0 spiro atoms. The predicted octanol–water partition coefficient (Wildman–Crippen LogP) is 3.53. The summed E-state index contributed by atoms with van der Waals surface area (Å²) in [6.45, 7) is 10.7. The number of benzene rings is 1.